The molecule has 2 aromatic carbocycles. The molecule has 7 nitrogen and oxygen atoms in total. The molecule has 0 radical (unpaired) electrons. The molecular formula is C22H23ClN2O5. The van der Waals surface area contributed by atoms with Crippen LogP contribution in [0.15, 0.2) is 42.5 Å². The van der Waals surface area contributed by atoms with Gasteiger partial charge in [-0.05, 0) is 36.2 Å². The number of nitrogens with zero attached hydrogens (tertiary/aromatic N) is 1. The zero-order valence-corrected chi connectivity index (χ0v) is 17.6. The predicted octanol–water partition coefficient (Wildman–Crippen LogP) is 3.45. The Labute approximate surface area is 179 Å². The summed E-state index contributed by atoms with van der Waals surface area (Å²) < 4.78 is 10.3. The molecule has 3 rings (SSSR count). The normalized spacial score (nSPS) is 15.8. The van der Waals surface area contributed by atoms with Crippen LogP contribution in [0, 0.1) is 5.92 Å². The van der Waals surface area contributed by atoms with Crippen molar-refractivity contribution in [3.8, 4) is 5.75 Å². The highest BCUT2D eigenvalue weighted by molar-refractivity contribution is 6.31. The summed E-state index contributed by atoms with van der Waals surface area (Å²) in [6.45, 7) is 1.78. The van der Waals surface area contributed by atoms with Crippen LogP contribution in [0.3, 0.4) is 0 Å². The molecule has 1 fully saturated rings. The number of hydrogen-bond acceptors (Lipinski definition) is 5. The fraction of sp³-hybridized carbons (Fsp3) is 0.318. The number of halogens is 1. The lowest BCUT2D eigenvalue weighted by molar-refractivity contribution is -0.151. The number of aryl methyl sites for hydroxylation is 1. The van der Waals surface area contributed by atoms with E-state index in [1.165, 1.54) is 7.11 Å². The molecule has 0 unspecified atom stereocenters. The molecule has 0 spiro atoms. The van der Waals surface area contributed by atoms with E-state index in [2.05, 4.69) is 5.32 Å². The Morgan fingerprint density at radius 2 is 2.00 bits per heavy atom. The van der Waals surface area contributed by atoms with Gasteiger partial charge in [-0.2, -0.15) is 0 Å². The van der Waals surface area contributed by atoms with E-state index in [4.69, 9.17) is 21.1 Å². The number of ether oxygens (including phenoxy) is 2. The minimum Gasteiger partial charge on any atom is -0.495 e. The summed E-state index contributed by atoms with van der Waals surface area (Å²) in [6.07, 6.45) is 0.836. The highest BCUT2D eigenvalue weighted by Gasteiger charge is 2.37. The third kappa shape index (κ3) is 4.91. The Bertz CT molecular complexity index is 962. The Morgan fingerprint density at radius 1 is 1.23 bits per heavy atom. The summed E-state index contributed by atoms with van der Waals surface area (Å²) in [6, 6.07) is 12.4. The van der Waals surface area contributed by atoms with Crippen molar-refractivity contribution in [2.45, 2.75) is 19.8 Å². The Balaban J connectivity index is 1.57. The van der Waals surface area contributed by atoms with E-state index in [0.717, 1.165) is 17.7 Å². The van der Waals surface area contributed by atoms with Crippen LogP contribution in [0.2, 0.25) is 5.02 Å². The average Bonchev–Trinajstić information content (AvgIpc) is 3.13. The van der Waals surface area contributed by atoms with Gasteiger partial charge >= 0.3 is 5.97 Å². The summed E-state index contributed by atoms with van der Waals surface area (Å²) in [5.74, 6) is -1.41. The van der Waals surface area contributed by atoms with E-state index in [1.807, 2.05) is 31.2 Å². The zero-order valence-electron chi connectivity index (χ0n) is 16.8. The van der Waals surface area contributed by atoms with Crippen LogP contribution in [-0.2, 0) is 25.5 Å². The number of carbonyl (C=O) groups is 3. The van der Waals surface area contributed by atoms with Crippen molar-refractivity contribution in [1.82, 2.24) is 0 Å². The van der Waals surface area contributed by atoms with Gasteiger partial charge in [-0.15, -0.1) is 0 Å². The van der Waals surface area contributed by atoms with Gasteiger partial charge in [-0.25, -0.2) is 0 Å². The molecule has 2 aromatic rings. The zero-order chi connectivity index (χ0) is 21.7. The Kier molecular flexibility index (Phi) is 6.95. The van der Waals surface area contributed by atoms with E-state index in [9.17, 15) is 14.4 Å². The van der Waals surface area contributed by atoms with Crippen molar-refractivity contribution in [2.75, 3.05) is 30.5 Å². The average molecular weight is 431 g/mol. The van der Waals surface area contributed by atoms with Crippen LogP contribution >= 0.6 is 11.6 Å². The van der Waals surface area contributed by atoms with Crippen LogP contribution in [0.1, 0.15) is 18.9 Å². The van der Waals surface area contributed by atoms with E-state index in [-0.39, 0.29) is 18.9 Å². The molecular weight excluding hydrogens is 408 g/mol. The number of nitrogens with one attached hydrogen (secondary N) is 1. The number of methoxy groups -OCH3 is 1. The van der Waals surface area contributed by atoms with Gasteiger partial charge < -0.3 is 19.7 Å². The van der Waals surface area contributed by atoms with Crippen LogP contribution in [0.25, 0.3) is 0 Å². The smallest absolute Gasteiger partial charge is 0.311 e. The summed E-state index contributed by atoms with van der Waals surface area (Å²) in [5, 5.41) is 3.03. The van der Waals surface area contributed by atoms with Crippen LogP contribution in [0.4, 0.5) is 11.4 Å². The summed E-state index contributed by atoms with van der Waals surface area (Å²) in [7, 11) is 1.47. The van der Waals surface area contributed by atoms with E-state index >= 15 is 0 Å². The highest BCUT2D eigenvalue weighted by atomic mass is 35.5. The van der Waals surface area contributed by atoms with Gasteiger partial charge in [0.05, 0.1) is 18.7 Å². The number of para-hydroxylation sites is 1. The third-order valence-corrected chi connectivity index (χ3v) is 5.14. The van der Waals surface area contributed by atoms with Crippen molar-refractivity contribution >= 4 is 40.8 Å². The van der Waals surface area contributed by atoms with Crippen molar-refractivity contribution in [1.29, 1.82) is 0 Å². The number of anilines is 2. The lowest BCUT2D eigenvalue weighted by Crippen LogP contribution is -2.28. The number of esters is 1. The van der Waals surface area contributed by atoms with Gasteiger partial charge in [0.1, 0.15) is 5.75 Å². The largest absolute Gasteiger partial charge is 0.495 e. The summed E-state index contributed by atoms with van der Waals surface area (Å²) in [4.78, 5) is 38.7. The molecule has 1 aliphatic rings. The lowest BCUT2D eigenvalue weighted by atomic mass is 10.1. The quantitative estimate of drug-likeness (QED) is 0.680. The predicted molar refractivity (Wildman–Crippen MR) is 114 cm³/mol. The molecule has 1 heterocycles. The number of benzene rings is 2. The molecule has 0 aliphatic carbocycles. The highest BCUT2D eigenvalue weighted by Crippen LogP contribution is 2.29. The van der Waals surface area contributed by atoms with Crippen molar-refractivity contribution in [3.63, 3.8) is 0 Å². The maximum absolute atomic E-state index is 12.5. The third-order valence-electron chi connectivity index (χ3n) is 4.90. The van der Waals surface area contributed by atoms with Gasteiger partial charge in [0.2, 0.25) is 5.91 Å². The SMILES string of the molecule is CCc1ccccc1N1C[C@@H](C(=O)OCC(=O)Nc2cc(Cl)ccc2OC)CC1=O. The number of amides is 2. The molecule has 0 aromatic heterocycles. The molecule has 1 atom stereocenters. The van der Waals surface area contributed by atoms with Gasteiger partial charge in [0.25, 0.3) is 5.91 Å². The van der Waals surface area contributed by atoms with Crippen molar-refractivity contribution in [3.05, 3.63) is 53.1 Å². The first-order valence-corrected chi connectivity index (χ1v) is 9.99. The molecule has 1 saturated heterocycles. The van der Waals surface area contributed by atoms with Crippen molar-refractivity contribution in [2.24, 2.45) is 5.92 Å². The molecule has 30 heavy (non-hydrogen) atoms. The maximum Gasteiger partial charge on any atom is 0.311 e. The fourth-order valence-electron chi connectivity index (χ4n) is 3.39. The first-order valence-electron chi connectivity index (χ1n) is 9.61. The first kappa shape index (κ1) is 21.6. The van der Waals surface area contributed by atoms with E-state index < -0.39 is 24.4 Å². The standard InChI is InChI=1S/C22H23ClN2O5/c1-3-14-6-4-5-7-18(14)25-12-15(10-21(25)27)22(28)30-13-20(26)24-17-11-16(23)8-9-19(17)29-2/h4-9,11,15H,3,10,12-13H2,1-2H3,(H,24,26)/t15-/m0/s1. The summed E-state index contributed by atoms with van der Waals surface area (Å²) >= 11 is 5.94. The first-order chi connectivity index (χ1) is 14.4. The van der Waals surface area contributed by atoms with Gasteiger partial charge in [0, 0.05) is 23.7 Å². The lowest BCUT2D eigenvalue weighted by Gasteiger charge is -2.19. The molecule has 8 heteroatoms. The monoisotopic (exact) mass is 430 g/mol. The van der Waals surface area contributed by atoms with E-state index in [0.29, 0.717) is 16.5 Å². The van der Waals surface area contributed by atoms with Gasteiger partial charge in [0.15, 0.2) is 6.61 Å². The maximum atomic E-state index is 12.5. The van der Waals surface area contributed by atoms with Gasteiger partial charge in [-0.3, -0.25) is 14.4 Å². The minimum atomic E-state index is -0.615. The van der Waals surface area contributed by atoms with Crippen molar-refractivity contribution < 1.29 is 23.9 Å². The number of rotatable bonds is 7. The molecule has 0 bridgehead atoms. The second kappa shape index (κ2) is 9.63. The fourth-order valence-corrected chi connectivity index (χ4v) is 3.56. The van der Waals surface area contributed by atoms with Crippen LogP contribution in [0.5, 0.6) is 5.75 Å². The minimum absolute atomic E-state index is 0.0562. The van der Waals surface area contributed by atoms with E-state index in [1.54, 1.807) is 23.1 Å². The molecule has 158 valence electrons. The Morgan fingerprint density at radius 3 is 2.73 bits per heavy atom. The topological polar surface area (TPSA) is 84.9 Å². The summed E-state index contributed by atoms with van der Waals surface area (Å²) in [5.41, 5.74) is 2.23. The van der Waals surface area contributed by atoms with Crippen LogP contribution in [-0.4, -0.2) is 38.0 Å². The van der Waals surface area contributed by atoms with Crippen LogP contribution < -0.4 is 15.0 Å². The molecule has 0 saturated carbocycles. The number of hydrogen-bond donors (Lipinski definition) is 1. The Hall–Kier alpha value is -3.06. The molecule has 2 amide bonds. The molecule has 1 N–H and O–H groups in total. The second-order valence-corrected chi connectivity index (χ2v) is 7.32. The number of carbonyl (C=O) groups excluding carboxylic acids is 3. The second-order valence-electron chi connectivity index (χ2n) is 6.89. The van der Waals surface area contributed by atoms with Gasteiger partial charge in [-0.1, -0.05) is 36.7 Å². The molecule has 1 aliphatic heterocycles.